The number of amides is 1. The van der Waals surface area contributed by atoms with E-state index in [1.165, 1.54) is 9.87 Å². The molecular weight excluding hydrogens is 411 g/mol. The number of hydrogen-bond acceptors (Lipinski definition) is 5. The van der Waals surface area contributed by atoms with Crippen LogP contribution < -0.4 is 15.5 Å². The first-order chi connectivity index (χ1) is 11.9. The molecule has 1 amide bonds. The maximum atomic E-state index is 12.4. The highest BCUT2D eigenvalue weighted by Crippen LogP contribution is 2.18. The molecule has 1 aliphatic rings. The van der Waals surface area contributed by atoms with Gasteiger partial charge in [0.15, 0.2) is 0 Å². The first kappa shape index (κ1) is 25.9. The predicted molar refractivity (Wildman–Crippen MR) is 115 cm³/mol. The lowest BCUT2D eigenvalue weighted by Gasteiger charge is -2.35. The van der Waals surface area contributed by atoms with Gasteiger partial charge in [-0.15, -0.1) is 24.8 Å². The lowest BCUT2D eigenvalue weighted by atomic mass is 10.2. The molecule has 0 atom stereocenters. The molecule has 1 heterocycles. The molecule has 1 aliphatic heterocycles. The van der Waals surface area contributed by atoms with E-state index in [0.717, 1.165) is 12.2 Å². The molecule has 1 aromatic rings. The predicted octanol–water partition coefficient (Wildman–Crippen LogP) is 1.02. The van der Waals surface area contributed by atoms with E-state index in [1.54, 1.807) is 0 Å². The van der Waals surface area contributed by atoms with Crippen LogP contribution in [0.1, 0.15) is 12.5 Å². The Morgan fingerprint density at radius 2 is 1.78 bits per heavy atom. The summed E-state index contributed by atoms with van der Waals surface area (Å²) in [4.78, 5) is 14.0. The smallest absolute Gasteiger partial charge is 0.236 e. The van der Waals surface area contributed by atoms with Gasteiger partial charge in [-0.3, -0.25) is 4.79 Å². The van der Waals surface area contributed by atoms with Gasteiger partial charge in [0.1, 0.15) is 5.75 Å². The van der Waals surface area contributed by atoms with E-state index < -0.39 is 21.7 Å². The molecule has 0 aromatic heterocycles. The molecule has 1 fully saturated rings. The van der Waals surface area contributed by atoms with E-state index in [4.69, 9.17) is 0 Å². The monoisotopic (exact) mass is 440 g/mol. The van der Waals surface area contributed by atoms with Crippen molar-refractivity contribution in [2.75, 3.05) is 56.5 Å². The zero-order valence-electron chi connectivity index (χ0n) is 15.8. The van der Waals surface area contributed by atoms with Crippen molar-refractivity contribution in [3.05, 3.63) is 29.8 Å². The van der Waals surface area contributed by atoms with Crippen LogP contribution in [0.25, 0.3) is 0 Å². The number of carbonyl (C=O) groups is 1. The minimum atomic E-state index is -3.56. The second-order valence-corrected chi connectivity index (χ2v) is 8.15. The quantitative estimate of drug-likeness (QED) is 0.589. The Kier molecular flexibility index (Phi) is 11.9. The Morgan fingerprint density at radius 3 is 2.37 bits per heavy atom. The fourth-order valence-corrected chi connectivity index (χ4v) is 4.16. The molecule has 10 heteroatoms. The summed E-state index contributed by atoms with van der Waals surface area (Å²) < 4.78 is 26.2. The number of likely N-dealkylation sites (N-methyl/N-ethyl adjacent to an activating group) is 1. The third-order valence-electron chi connectivity index (χ3n) is 4.19. The summed E-state index contributed by atoms with van der Waals surface area (Å²) in [5, 5.41) is 5.71. The van der Waals surface area contributed by atoms with Crippen LogP contribution in [0, 0.1) is 6.92 Å². The van der Waals surface area contributed by atoms with Crippen LogP contribution in [0.2, 0.25) is 0 Å². The van der Waals surface area contributed by atoms with Crippen LogP contribution >= 0.6 is 24.8 Å². The van der Waals surface area contributed by atoms with Crippen molar-refractivity contribution in [2.45, 2.75) is 13.8 Å². The Balaban J connectivity index is 0.00000338. The molecule has 2 rings (SSSR count). The highest BCUT2D eigenvalue weighted by atomic mass is 35.5. The van der Waals surface area contributed by atoms with Crippen LogP contribution in [0.5, 0.6) is 0 Å². The fourth-order valence-electron chi connectivity index (χ4n) is 2.82. The second-order valence-electron chi connectivity index (χ2n) is 6.18. The molecule has 156 valence electrons. The molecule has 0 spiro atoms. The molecule has 0 bridgehead atoms. The molecule has 0 saturated carbocycles. The lowest BCUT2D eigenvalue weighted by molar-refractivity contribution is -0.118. The zero-order chi connectivity index (χ0) is 18.3. The third-order valence-corrected chi connectivity index (χ3v) is 5.97. The van der Waals surface area contributed by atoms with E-state index in [1.807, 2.05) is 32.0 Å². The topological polar surface area (TPSA) is 81.7 Å². The number of aryl methyl sites for hydroxylation is 1. The molecule has 7 nitrogen and oxygen atoms in total. The number of benzene rings is 1. The number of carbonyl (C=O) groups excluding carboxylic acids is 1. The van der Waals surface area contributed by atoms with Crippen molar-refractivity contribution in [3.63, 3.8) is 0 Å². The van der Waals surface area contributed by atoms with Crippen molar-refractivity contribution in [2.24, 2.45) is 0 Å². The number of hydrogen-bond donors (Lipinski definition) is 2. The Morgan fingerprint density at radius 1 is 1.11 bits per heavy atom. The largest absolute Gasteiger partial charge is 0.369 e. The Labute approximate surface area is 174 Å². The Bertz CT molecular complexity index is 681. The molecule has 2 N–H and O–H groups in total. The Hall–Kier alpha value is -1.06. The number of piperazine rings is 1. The van der Waals surface area contributed by atoms with Gasteiger partial charge in [0.25, 0.3) is 0 Å². The highest BCUT2D eigenvalue weighted by Gasteiger charge is 2.28. The average molecular weight is 441 g/mol. The summed E-state index contributed by atoms with van der Waals surface area (Å²) in [6.07, 6.45) is 0. The summed E-state index contributed by atoms with van der Waals surface area (Å²) in [7, 11) is -3.56. The van der Waals surface area contributed by atoms with Gasteiger partial charge < -0.3 is 15.5 Å². The summed E-state index contributed by atoms with van der Waals surface area (Å²) in [5.41, 5.74) is 2.29. The zero-order valence-corrected chi connectivity index (χ0v) is 18.3. The van der Waals surface area contributed by atoms with Gasteiger partial charge in [0.2, 0.25) is 15.9 Å². The standard InChI is InChI=1S/C17H28N4O3S.2ClH/c1-3-18-7-8-19-17(22)14-25(23,24)21-11-9-20(10-12-21)16-6-4-5-15(2)13-16;;/h4-6,13,18H,3,7-12,14H2,1-2H3,(H,19,22);2*1H. The van der Waals surface area contributed by atoms with Crippen molar-refractivity contribution in [1.29, 1.82) is 0 Å². The first-order valence-electron chi connectivity index (χ1n) is 8.69. The van der Waals surface area contributed by atoms with Gasteiger partial charge in [0.05, 0.1) is 0 Å². The van der Waals surface area contributed by atoms with Crippen LogP contribution in [0.15, 0.2) is 24.3 Å². The number of halogens is 2. The summed E-state index contributed by atoms with van der Waals surface area (Å²) in [6.45, 7) is 7.97. The van der Waals surface area contributed by atoms with Gasteiger partial charge in [-0.05, 0) is 31.2 Å². The van der Waals surface area contributed by atoms with E-state index in [2.05, 4.69) is 21.6 Å². The van der Waals surface area contributed by atoms with E-state index in [0.29, 0.717) is 39.3 Å². The number of anilines is 1. The number of rotatable bonds is 8. The maximum Gasteiger partial charge on any atom is 0.236 e. The molecule has 1 aromatic carbocycles. The summed E-state index contributed by atoms with van der Waals surface area (Å²) in [5.74, 6) is -0.928. The second kappa shape index (κ2) is 12.4. The molecule has 0 aliphatic carbocycles. The van der Waals surface area contributed by atoms with Crippen LogP contribution in [-0.2, 0) is 14.8 Å². The lowest BCUT2D eigenvalue weighted by Crippen LogP contribution is -2.50. The summed E-state index contributed by atoms with van der Waals surface area (Å²) in [6, 6.07) is 8.18. The third kappa shape index (κ3) is 8.23. The van der Waals surface area contributed by atoms with Gasteiger partial charge in [-0.1, -0.05) is 19.1 Å². The van der Waals surface area contributed by atoms with Crippen molar-refractivity contribution in [3.8, 4) is 0 Å². The number of nitrogens with one attached hydrogen (secondary N) is 2. The van der Waals surface area contributed by atoms with Crippen LogP contribution in [0.4, 0.5) is 5.69 Å². The molecular formula is C17H30Cl2N4O3S. The minimum absolute atomic E-state index is 0. The van der Waals surface area contributed by atoms with Crippen LogP contribution in [0.3, 0.4) is 0 Å². The normalized spacial score (nSPS) is 14.8. The van der Waals surface area contributed by atoms with Crippen molar-refractivity contribution < 1.29 is 13.2 Å². The van der Waals surface area contributed by atoms with Crippen molar-refractivity contribution in [1.82, 2.24) is 14.9 Å². The minimum Gasteiger partial charge on any atom is -0.369 e. The number of nitrogens with zero attached hydrogens (tertiary/aromatic N) is 2. The van der Waals surface area contributed by atoms with Crippen LogP contribution in [-0.4, -0.2) is 70.2 Å². The molecule has 27 heavy (non-hydrogen) atoms. The molecule has 0 radical (unpaired) electrons. The number of sulfonamides is 1. The van der Waals surface area contributed by atoms with E-state index >= 15 is 0 Å². The fraction of sp³-hybridized carbons (Fsp3) is 0.588. The molecule has 1 saturated heterocycles. The SMILES string of the molecule is CCNCCNC(=O)CS(=O)(=O)N1CCN(c2cccc(C)c2)CC1.Cl.Cl. The van der Waals surface area contributed by atoms with Gasteiger partial charge >= 0.3 is 0 Å². The summed E-state index contributed by atoms with van der Waals surface area (Å²) >= 11 is 0. The first-order valence-corrected chi connectivity index (χ1v) is 10.3. The molecule has 0 unspecified atom stereocenters. The van der Waals surface area contributed by atoms with E-state index in [9.17, 15) is 13.2 Å². The van der Waals surface area contributed by atoms with Gasteiger partial charge in [-0.25, -0.2) is 8.42 Å². The van der Waals surface area contributed by atoms with Gasteiger partial charge in [0, 0.05) is 45.0 Å². The van der Waals surface area contributed by atoms with Gasteiger partial charge in [-0.2, -0.15) is 4.31 Å². The highest BCUT2D eigenvalue weighted by molar-refractivity contribution is 7.89. The maximum absolute atomic E-state index is 12.4. The van der Waals surface area contributed by atoms with E-state index in [-0.39, 0.29) is 24.8 Å². The average Bonchev–Trinajstić information content (AvgIpc) is 2.58. The van der Waals surface area contributed by atoms with Crippen molar-refractivity contribution >= 4 is 46.4 Å².